The summed E-state index contributed by atoms with van der Waals surface area (Å²) in [5.74, 6) is -0.703. The van der Waals surface area contributed by atoms with Crippen molar-refractivity contribution in [3.05, 3.63) is 0 Å². The molecule has 0 aromatic carbocycles. The number of carboxylic acid groups (broad SMARTS) is 2. The van der Waals surface area contributed by atoms with Crippen LogP contribution in [0.4, 0.5) is 0 Å². The van der Waals surface area contributed by atoms with E-state index in [4.69, 9.17) is 20.4 Å². The van der Waals surface area contributed by atoms with Crippen LogP contribution >= 0.6 is 11.8 Å². The first-order valence-corrected chi connectivity index (χ1v) is 16.3. The van der Waals surface area contributed by atoms with Crippen LogP contribution in [-0.4, -0.2) is 57.1 Å². The second-order valence-corrected chi connectivity index (χ2v) is 10.9. The molecule has 0 aromatic heterocycles. The van der Waals surface area contributed by atoms with E-state index in [1.165, 1.54) is 127 Å². The van der Waals surface area contributed by atoms with Crippen LogP contribution < -0.4 is 0 Å². The Morgan fingerprint density at radius 3 is 0.919 bits per heavy atom. The molecule has 0 saturated heterocycles. The summed E-state index contributed by atoms with van der Waals surface area (Å²) in [6.07, 6.45) is 26.8. The Morgan fingerprint density at radius 2 is 0.703 bits per heavy atom. The maximum atomic E-state index is 9.97. The van der Waals surface area contributed by atoms with Crippen LogP contribution in [0.3, 0.4) is 0 Å². The van der Waals surface area contributed by atoms with Crippen LogP contribution in [0, 0.1) is 0 Å². The molecule has 224 valence electrons. The van der Waals surface area contributed by atoms with E-state index in [0.717, 1.165) is 12.8 Å². The lowest BCUT2D eigenvalue weighted by atomic mass is 10.1. The summed E-state index contributed by atoms with van der Waals surface area (Å²) in [6, 6.07) is 0. The molecule has 0 aliphatic carbocycles. The Morgan fingerprint density at radius 1 is 0.459 bits per heavy atom. The molecule has 0 bridgehead atoms. The molecule has 0 heterocycles. The maximum Gasteiger partial charge on any atom is 0.304 e. The number of hydrogen-bond acceptors (Lipinski definition) is 5. The van der Waals surface area contributed by atoms with Crippen molar-refractivity contribution >= 4 is 23.7 Å². The van der Waals surface area contributed by atoms with Gasteiger partial charge in [0, 0.05) is 24.7 Å². The molecule has 0 spiro atoms. The van der Waals surface area contributed by atoms with Crippen molar-refractivity contribution in [2.75, 3.05) is 24.7 Å². The number of unbranched alkanes of at least 4 members (excludes halogenated alkanes) is 18. The molecular formula is C30H62O6S. The maximum absolute atomic E-state index is 9.97. The van der Waals surface area contributed by atoms with Crippen molar-refractivity contribution in [3.8, 4) is 0 Å². The zero-order chi connectivity index (χ0) is 28.2. The van der Waals surface area contributed by atoms with Crippen LogP contribution in [0.5, 0.6) is 0 Å². The van der Waals surface area contributed by atoms with E-state index in [9.17, 15) is 9.59 Å². The molecule has 7 heteroatoms. The lowest BCUT2D eigenvalue weighted by Gasteiger charge is -2.00. The van der Waals surface area contributed by atoms with Crippen LogP contribution in [0.2, 0.25) is 0 Å². The summed E-state index contributed by atoms with van der Waals surface area (Å²) in [5.41, 5.74) is 0. The quantitative estimate of drug-likeness (QED) is 0.0798. The smallest absolute Gasteiger partial charge is 0.304 e. The van der Waals surface area contributed by atoms with Crippen molar-refractivity contribution in [3.63, 3.8) is 0 Å². The first kappa shape index (κ1) is 40.7. The molecule has 0 amide bonds. The highest BCUT2D eigenvalue weighted by molar-refractivity contribution is 7.99. The highest BCUT2D eigenvalue weighted by atomic mass is 32.2. The molecule has 6 nitrogen and oxygen atoms in total. The normalized spacial score (nSPS) is 10.3. The van der Waals surface area contributed by atoms with Crippen LogP contribution in [-0.2, 0) is 9.59 Å². The highest BCUT2D eigenvalue weighted by Crippen LogP contribution is 2.11. The van der Waals surface area contributed by atoms with Gasteiger partial charge in [0.05, 0.1) is 12.8 Å². The van der Waals surface area contributed by atoms with Gasteiger partial charge in [-0.2, -0.15) is 11.8 Å². The van der Waals surface area contributed by atoms with Crippen LogP contribution in [0.25, 0.3) is 0 Å². The minimum Gasteiger partial charge on any atom is -0.481 e. The molecule has 37 heavy (non-hydrogen) atoms. The highest BCUT2D eigenvalue weighted by Gasteiger charge is 1.99. The standard InChI is InChI=1S/2C12H26O.C6H10O4S/c2*1-2-3-4-5-6-7-8-9-10-11-12-13;7-5(8)1-3-11-4-2-6(9)10/h2*13H,2-12H2,1H3;1-4H2,(H,7,8)(H,9,10). The topological polar surface area (TPSA) is 115 Å². The van der Waals surface area contributed by atoms with Gasteiger partial charge in [0.1, 0.15) is 0 Å². The molecular weight excluding hydrogens is 488 g/mol. The van der Waals surface area contributed by atoms with Crippen molar-refractivity contribution in [1.29, 1.82) is 0 Å². The average Bonchev–Trinajstić information content (AvgIpc) is 2.87. The van der Waals surface area contributed by atoms with Crippen LogP contribution in [0.1, 0.15) is 155 Å². The average molecular weight is 551 g/mol. The molecule has 0 aliphatic rings. The van der Waals surface area contributed by atoms with E-state index in [0.29, 0.717) is 24.7 Å². The summed E-state index contributed by atoms with van der Waals surface area (Å²) in [6.45, 7) is 5.26. The Bertz CT molecular complexity index is 376. The van der Waals surface area contributed by atoms with Crippen molar-refractivity contribution in [2.24, 2.45) is 0 Å². The number of carbonyl (C=O) groups is 2. The van der Waals surface area contributed by atoms with Gasteiger partial charge in [-0.1, -0.05) is 129 Å². The summed E-state index contributed by atoms with van der Waals surface area (Å²) < 4.78 is 0. The van der Waals surface area contributed by atoms with Gasteiger partial charge >= 0.3 is 11.9 Å². The molecule has 4 N–H and O–H groups in total. The van der Waals surface area contributed by atoms with Gasteiger partial charge in [0.15, 0.2) is 0 Å². The van der Waals surface area contributed by atoms with Gasteiger partial charge in [-0.3, -0.25) is 9.59 Å². The van der Waals surface area contributed by atoms with Gasteiger partial charge in [0.25, 0.3) is 0 Å². The van der Waals surface area contributed by atoms with E-state index in [1.807, 2.05) is 0 Å². The Labute approximate surface area is 233 Å². The zero-order valence-electron chi connectivity index (χ0n) is 24.4. The first-order valence-electron chi connectivity index (χ1n) is 15.2. The number of aliphatic carboxylic acids is 2. The van der Waals surface area contributed by atoms with E-state index < -0.39 is 11.9 Å². The molecule has 0 aliphatic heterocycles. The number of hydrogen-bond donors (Lipinski definition) is 4. The molecule has 0 aromatic rings. The minimum atomic E-state index is -0.840. The molecule has 0 radical (unpaired) electrons. The molecule has 0 rings (SSSR count). The van der Waals surface area contributed by atoms with Crippen LogP contribution in [0.15, 0.2) is 0 Å². The second kappa shape index (κ2) is 39.7. The predicted octanol–water partition coefficient (Wildman–Crippen LogP) is 8.47. The lowest BCUT2D eigenvalue weighted by molar-refractivity contribution is -0.137. The van der Waals surface area contributed by atoms with Gasteiger partial charge in [-0.15, -0.1) is 0 Å². The Balaban J connectivity index is -0.000000471. The van der Waals surface area contributed by atoms with Crippen molar-refractivity contribution in [2.45, 2.75) is 155 Å². The molecule has 0 saturated carbocycles. The Kier molecular flexibility index (Phi) is 43.7. The van der Waals surface area contributed by atoms with E-state index in [2.05, 4.69) is 13.8 Å². The van der Waals surface area contributed by atoms with Gasteiger partial charge in [-0.25, -0.2) is 0 Å². The summed E-state index contributed by atoms with van der Waals surface area (Å²) >= 11 is 1.35. The van der Waals surface area contributed by atoms with Crippen molar-refractivity contribution < 1.29 is 30.0 Å². The monoisotopic (exact) mass is 550 g/mol. The summed E-state index contributed by atoms with van der Waals surface area (Å²) in [4.78, 5) is 19.9. The number of aliphatic hydroxyl groups excluding tert-OH is 2. The fourth-order valence-electron chi connectivity index (χ4n) is 3.62. The lowest BCUT2D eigenvalue weighted by Crippen LogP contribution is -1.99. The first-order chi connectivity index (χ1) is 18.0. The Hall–Kier alpha value is -0.790. The number of aliphatic hydroxyl groups is 2. The van der Waals surface area contributed by atoms with Gasteiger partial charge in [0.2, 0.25) is 0 Å². The second-order valence-electron chi connectivity index (χ2n) is 9.71. The fourth-order valence-corrected chi connectivity index (χ4v) is 4.46. The van der Waals surface area contributed by atoms with E-state index in [1.54, 1.807) is 0 Å². The van der Waals surface area contributed by atoms with Gasteiger partial charge < -0.3 is 20.4 Å². The third kappa shape index (κ3) is 52.5. The number of carboxylic acids is 2. The van der Waals surface area contributed by atoms with E-state index >= 15 is 0 Å². The third-order valence-corrected chi connectivity index (χ3v) is 6.93. The zero-order valence-corrected chi connectivity index (χ0v) is 25.2. The number of rotatable bonds is 26. The predicted molar refractivity (Wildman–Crippen MR) is 160 cm³/mol. The van der Waals surface area contributed by atoms with E-state index in [-0.39, 0.29) is 12.8 Å². The van der Waals surface area contributed by atoms with Crippen molar-refractivity contribution in [1.82, 2.24) is 0 Å². The fraction of sp³-hybridized carbons (Fsp3) is 0.933. The largest absolute Gasteiger partial charge is 0.481 e. The molecule has 0 unspecified atom stereocenters. The summed E-state index contributed by atoms with van der Waals surface area (Å²) in [7, 11) is 0. The number of thioether (sulfide) groups is 1. The minimum absolute atomic E-state index is 0.101. The van der Waals surface area contributed by atoms with Gasteiger partial charge in [-0.05, 0) is 12.8 Å². The molecule has 0 fully saturated rings. The molecule has 0 atom stereocenters. The SMILES string of the molecule is CCCCCCCCCCCCO.CCCCCCCCCCCCO.O=C(O)CCSCCC(=O)O. The summed E-state index contributed by atoms with van der Waals surface area (Å²) in [5, 5.41) is 33.5. The third-order valence-electron chi connectivity index (χ3n) is 5.94.